The molecular formula is C19H23Cl2N3O+2. The molecule has 0 aliphatic carbocycles. The second-order valence-electron chi connectivity index (χ2n) is 6.52. The lowest BCUT2D eigenvalue weighted by atomic mass is 10.2. The number of hydrogen-bond acceptors (Lipinski definition) is 1. The van der Waals surface area contributed by atoms with Gasteiger partial charge in [-0.3, -0.25) is 4.79 Å². The maximum Gasteiger partial charge on any atom is 0.279 e. The zero-order valence-electron chi connectivity index (χ0n) is 14.0. The Kier molecular flexibility index (Phi) is 6.32. The van der Waals surface area contributed by atoms with E-state index in [0.717, 1.165) is 32.7 Å². The summed E-state index contributed by atoms with van der Waals surface area (Å²) in [6.45, 7) is 5.74. The maximum absolute atomic E-state index is 12.2. The van der Waals surface area contributed by atoms with Gasteiger partial charge in [0.1, 0.15) is 32.7 Å². The van der Waals surface area contributed by atoms with Crippen LogP contribution in [0.4, 0.5) is 5.69 Å². The van der Waals surface area contributed by atoms with Crippen LogP contribution in [-0.4, -0.2) is 38.6 Å². The summed E-state index contributed by atoms with van der Waals surface area (Å²) in [5, 5.41) is 3.84. The number of carbonyl (C=O) groups excluding carboxylic acids is 1. The Balaban J connectivity index is 1.43. The third kappa shape index (κ3) is 5.44. The molecule has 1 aliphatic heterocycles. The van der Waals surface area contributed by atoms with Gasteiger partial charge in [-0.2, -0.15) is 0 Å². The highest BCUT2D eigenvalue weighted by Gasteiger charge is 2.24. The molecular weight excluding hydrogens is 357 g/mol. The van der Waals surface area contributed by atoms with Gasteiger partial charge < -0.3 is 15.1 Å². The molecule has 1 heterocycles. The number of hydrogen-bond donors (Lipinski definition) is 3. The quantitative estimate of drug-likeness (QED) is 0.709. The molecule has 2 aromatic rings. The number of carbonyl (C=O) groups is 1. The number of nitrogens with one attached hydrogen (secondary N) is 3. The van der Waals surface area contributed by atoms with Crippen molar-refractivity contribution in [1.82, 2.24) is 0 Å². The highest BCUT2D eigenvalue weighted by atomic mass is 35.5. The van der Waals surface area contributed by atoms with E-state index in [4.69, 9.17) is 23.2 Å². The molecule has 0 spiro atoms. The van der Waals surface area contributed by atoms with Crippen LogP contribution < -0.4 is 15.1 Å². The van der Waals surface area contributed by atoms with Crippen molar-refractivity contribution in [1.29, 1.82) is 0 Å². The van der Waals surface area contributed by atoms with E-state index >= 15 is 0 Å². The summed E-state index contributed by atoms with van der Waals surface area (Å²) in [5.41, 5.74) is 2.06. The van der Waals surface area contributed by atoms with Crippen LogP contribution >= 0.6 is 23.2 Å². The van der Waals surface area contributed by atoms with Crippen LogP contribution in [0.25, 0.3) is 0 Å². The van der Waals surface area contributed by atoms with Crippen LogP contribution in [0.3, 0.4) is 0 Å². The highest BCUT2D eigenvalue weighted by Crippen LogP contribution is 2.24. The Morgan fingerprint density at radius 1 is 0.920 bits per heavy atom. The summed E-state index contributed by atoms with van der Waals surface area (Å²) in [6.07, 6.45) is 0. The number of amides is 1. The van der Waals surface area contributed by atoms with E-state index in [1.165, 1.54) is 10.5 Å². The Morgan fingerprint density at radius 2 is 1.60 bits per heavy atom. The Hall–Kier alpha value is -1.59. The van der Waals surface area contributed by atoms with E-state index < -0.39 is 0 Å². The van der Waals surface area contributed by atoms with E-state index in [9.17, 15) is 4.79 Å². The Bertz CT molecular complexity index is 716. The first kappa shape index (κ1) is 18.2. The molecule has 3 N–H and O–H groups in total. The third-order valence-corrected chi connectivity index (χ3v) is 5.31. The van der Waals surface area contributed by atoms with E-state index in [-0.39, 0.29) is 5.91 Å². The van der Waals surface area contributed by atoms with Gasteiger partial charge in [0.05, 0.1) is 10.0 Å². The first-order chi connectivity index (χ1) is 12.1. The molecule has 0 saturated carbocycles. The van der Waals surface area contributed by atoms with Crippen molar-refractivity contribution >= 4 is 34.8 Å². The van der Waals surface area contributed by atoms with Gasteiger partial charge in [0.15, 0.2) is 6.54 Å². The van der Waals surface area contributed by atoms with Crippen LogP contribution in [0.1, 0.15) is 5.56 Å². The van der Waals surface area contributed by atoms with Crippen LogP contribution in [0.5, 0.6) is 0 Å². The van der Waals surface area contributed by atoms with Crippen molar-refractivity contribution in [2.24, 2.45) is 0 Å². The lowest BCUT2D eigenvalue weighted by Gasteiger charge is -2.29. The normalized spacial score (nSPS) is 20.2. The second-order valence-corrected chi connectivity index (χ2v) is 7.33. The van der Waals surface area contributed by atoms with Crippen LogP contribution in [0, 0.1) is 0 Å². The molecule has 1 aliphatic rings. The molecule has 0 bridgehead atoms. The van der Waals surface area contributed by atoms with E-state index in [2.05, 4.69) is 29.6 Å². The second kappa shape index (κ2) is 8.68. The van der Waals surface area contributed by atoms with Gasteiger partial charge >= 0.3 is 0 Å². The van der Waals surface area contributed by atoms with Gasteiger partial charge in [-0.25, -0.2) is 0 Å². The zero-order valence-corrected chi connectivity index (χ0v) is 15.5. The number of rotatable bonds is 5. The largest absolute Gasteiger partial charge is 0.322 e. The summed E-state index contributed by atoms with van der Waals surface area (Å²) in [5.74, 6) is 0.0138. The fourth-order valence-corrected chi connectivity index (χ4v) is 3.50. The third-order valence-electron chi connectivity index (χ3n) is 4.58. The lowest BCUT2D eigenvalue weighted by Crippen LogP contribution is -3.28. The fourth-order valence-electron chi connectivity index (χ4n) is 3.20. The number of benzene rings is 2. The molecule has 132 valence electrons. The predicted octanol–water partition coefficient (Wildman–Crippen LogP) is 0.916. The molecule has 1 amide bonds. The molecule has 4 nitrogen and oxygen atoms in total. The molecule has 0 atom stereocenters. The standard InChI is InChI=1S/C19H21Cl2N3O/c20-17-7-6-16(12-18(17)21)22-19(25)14-24-10-8-23(9-11-24)13-15-4-2-1-3-5-15/h1-7,12H,8-11,13-14H2,(H,22,25)/p+2. The summed E-state index contributed by atoms with van der Waals surface area (Å²) in [7, 11) is 0. The number of halogens is 2. The first-order valence-electron chi connectivity index (χ1n) is 8.56. The van der Waals surface area contributed by atoms with Crippen molar-refractivity contribution in [3.05, 3.63) is 64.1 Å². The van der Waals surface area contributed by atoms with Gasteiger partial charge in [0, 0.05) is 11.3 Å². The van der Waals surface area contributed by atoms with Crippen LogP contribution in [0.15, 0.2) is 48.5 Å². The molecule has 25 heavy (non-hydrogen) atoms. The highest BCUT2D eigenvalue weighted by molar-refractivity contribution is 6.42. The minimum absolute atomic E-state index is 0.0138. The maximum atomic E-state index is 12.2. The predicted molar refractivity (Wildman–Crippen MR) is 101 cm³/mol. The fraction of sp³-hybridized carbons (Fsp3) is 0.316. The Labute approximate surface area is 158 Å². The Morgan fingerprint density at radius 3 is 2.28 bits per heavy atom. The molecule has 0 unspecified atom stereocenters. The van der Waals surface area contributed by atoms with Gasteiger partial charge in [0.25, 0.3) is 5.91 Å². The van der Waals surface area contributed by atoms with Crippen molar-refractivity contribution in [3.8, 4) is 0 Å². The minimum Gasteiger partial charge on any atom is -0.322 e. The topological polar surface area (TPSA) is 38.0 Å². The summed E-state index contributed by atoms with van der Waals surface area (Å²) in [4.78, 5) is 15.1. The van der Waals surface area contributed by atoms with E-state index in [1.54, 1.807) is 23.1 Å². The van der Waals surface area contributed by atoms with Gasteiger partial charge in [-0.15, -0.1) is 0 Å². The van der Waals surface area contributed by atoms with E-state index in [0.29, 0.717) is 22.3 Å². The molecule has 3 rings (SSSR count). The first-order valence-corrected chi connectivity index (χ1v) is 9.32. The number of quaternary nitrogens is 2. The zero-order chi connectivity index (χ0) is 17.6. The van der Waals surface area contributed by atoms with Crippen molar-refractivity contribution < 1.29 is 14.6 Å². The van der Waals surface area contributed by atoms with Gasteiger partial charge in [-0.1, -0.05) is 53.5 Å². The summed E-state index contributed by atoms with van der Waals surface area (Å²) in [6, 6.07) is 15.7. The monoisotopic (exact) mass is 379 g/mol. The molecule has 1 saturated heterocycles. The van der Waals surface area contributed by atoms with Crippen LogP contribution in [0.2, 0.25) is 10.0 Å². The number of piperazine rings is 1. The van der Waals surface area contributed by atoms with E-state index in [1.807, 2.05) is 6.07 Å². The number of anilines is 1. The van der Waals surface area contributed by atoms with Gasteiger partial charge in [0.2, 0.25) is 0 Å². The van der Waals surface area contributed by atoms with Crippen molar-refractivity contribution in [3.63, 3.8) is 0 Å². The average molecular weight is 380 g/mol. The molecule has 0 radical (unpaired) electrons. The molecule has 1 fully saturated rings. The summed E-state index contributed by atoms with van der Waals surface area (Å²) >= 11 is 11.9. The van der Waals surface area contributed by atoms with Crippen molar-refractivity contribution in [2.75, 3.05) is 38.0 Å². The lowest BCUT2D eigenvalue weighted by molar-refractivity contribution is -1.02. The minimum atomic E-state index is 0.0138. The van der Waals surface area contributed by atoms with Crippen molar-refractivity contribution in [2.45, 2.75) is 6.54 Å². The molecule has 6 heteroatoms. The van der Waals surface area contributed by atoms with Gasteiger partial charge in [-0.05, 0) is 18.2 Å². The summed E-state index contributed by atoms with van der Waals surface area (Å²) < 4.78 is 0. The SMILES string of the molecule is O=C(C[NH+]1CC[NH+](Cc2ccccc2)CC1)Nc1ccc(Cl)c(Cl)c1. The molecule has 2 aromatic carbocycles. The molecule has 0 aromatic heterocycles. The average Bonchev–Trinajstić information content (AvgIpc) is 2.61. The smallest absolute Gasteiger partial charge is 0.279 e. The van der Waals surface area contributed by atoms with Crippen LogP contribution in [-0.2, 0) is 11.3 Å².